The molecule has 122 valence electrons. The molecule has 0 radical (unpaired) electrons. The number of benzene rings is 1. The second-order valence-electron chi connectivity index (χ2n) is 5.72. The van der Waals surface area contributed by atoms with Crippen LogP contribution in [0.15, 0.2) is 23.1 Å². The Labute approximate surface area is 131 Å². The van der Waals surface area contributed by atoms with Crippen LogP contribution < -0.4 is 15.4 Å². The van der Waals surface area contributed by atoms with Gasteiger partial charge < -0.3 is 10.6 Å². The fraction of sp³-hybridized carbons (Fsp3) is 0.533. The molecule has 1 aliphatic rings. The first-order valence-corrected chi connectivity index (χ1v) is 8.91. The molecule has 0 aliphatic carbocycles. The van der Waals surface area contributed by atoms with Gasteiger partial charge >= 0.3 is 0 Å². The van der Waals surface area contributed by atoms with Crippen LogP contribution in [0.1, 0.15) is 17.5 Å². The van der Waals surface area contributed by atoms with Crippen LogP contribution in [0.25, 0.3) is 0 Å². The van der Waals surface area contributed by atoms with E-state index >= 15 is 0 Å². The van der Waals surface area contributed by atoms with Crippen LogP contribution in [-0.2, 0) is 14.8 Å². The van der Waals surface area contributed by atoms with Crippen LogP contribution in [-0.4, -0.2) is 40.5 Å². The molecule has 0 bridgehead atoms. The van der Waals surface area contributed by atoms with Crippen molar-refractivity contribution in [3.05, 3.63) is 29.3 Å². The van der Waals surface area contributed by atoms with E-state index in [0.717, 1.165) is 24.2 Å². The van der Waals surface area contributed by atoms with Crippen molar-refractivity contribution in [2.45, 2.75) is 25.2 Å². The van der Waals surface area contributed by atoms with Crippen molar-refractivity contribution in [2.24, 2.45) is 5.92 Å². The number of rotatable bonds is 7. The van der Waals surface area contributed by atoms with E-state index in [2.05, 4.69) is 15.4 Å². The van der Waals surface area contributed by atoms with Crippen LogP contribution in [0, 0.1) is 19.8 Å². The van der Waals surface area contributed by atoms with Gasteiger partial charge in [0, 0.05) is 38.5 Å². The Morgan fingerprint density at radius 1 is 1.27 bits per heavy atom. The van der Waals surface area contributed by atoms with Crippen LogP contribution >= 0.6 is 0 Å². The number of nitrogens with one attached hydrogen (secondary N) is 3. The molecule has 1 amide bonds. The molecule has 3 N–H and O–H groups in total. The molecular formula is C15H23N3O3S. The average molecular weight is 325 g/mol. The maximum Gasteiger partial charge on any atom is 0.240 e. The molecular weight excluding hydrogens is 302 g/mol. The molecule has 0 saturated carbocycles. The Morgan fingerprint density at radius 2 is 2.00 bits per heavy atom. The number of carbonyl (C=O) groups excluding carboxylic acids is 1. The van der Waals surface area contributed by atoms with Gasteiger partial charge in [0.25, 0.3) is 0 Å². The molecule has 1 aliphatic heterocycles. The van der Waals surface area contributed by atoms with Crippen LogP contribution in [0.4, 0.5) is 0 Å². The summed E-state index contributed by atoms with van der Waals surface area (Å²) >= 11 is 0. The van der Waals surface area contributed by atoms with Crippen molar-refractivity contribution in [3.8, 4) is 0 Å². The van der Waals surface area contributed by atoms with Crippen molar-refractivity contribution in [2.75, 3.05) is 26.2 Å². The summed E-state index contributed by atoms with van der Waals surface area (Å²) in [6.07, 6.45) is 0.143. The summed E-state index contributed by atoms with van der Waals surface area (Å²) < 4.78 is 26.8. The Morgan fingerprint density at radius 3 is 2.59 bits per heavy atom. The lowest BCUT2D eigenvalue weighted by Crippen LogP contribution is -2.48. The monoisotopic (exact) mass is 325 g/mol. The third-order valence-corrected chi connectivity index (χ3v) is 5.35. The van der Waals surface area contributed by atoms with E-state index in [0.29, 0.717) is 12.5 Å². The first-order chi connectivity index (χ1) is 10.4. The zero-order valence-corrected chi connectivity index (χ0v) is 13.8. The third-order valence-electron chi connectivity index (χ3n) is 3.89. The minimum atomic E-state index is -3.56. The van der Waals surface area contributed by atoms with Crippen LogP contribution in [0.5, 0.6) is 0 Å². The molecule has 1 fully saturated rings. The van der Waals surface area contributed by atoms with Crippen molar-refractivity contribution in [3.63, 3.8) is 0 Å². The highest BCUT2D eigenvalue weighted by atomic mass is 32.2. The van der Waals surface area contributed by atoms with E-state index in [1.165, 1.54) is 0 Å². The molecule has 2 rings (SSSR count). The Hall–Kier alpha value is -1.44. The lowest BCUT2D eigenvalue weighted by molar-refractivity contribution is -0.121. The fourth-order valence-electron chi connectivity index (χ4n) is 2.10. The number of hydrogen-bond donors (Lipinski definition) is 3. The normalized spacial score (nSPS) is 15.4. The average Bonchev–Trinajstić information content (AvgIpc) is 2.39. The summed E-state index contributed by atoms with van der Waals surface area (Å²) in [5, 5.41) is 5.95. The third kappa shape index (κ3) is 4.53. The van der Waals surface area contributed by atoms with Crippen molar-refractivity contribution < 1.29 is 13.2 Å². The van der Waals surface area contributed by atoms with Crippen molar-refractivity contribution in [1.29, 1.82) is 0 Å². The summed E-state index contributed by atoms with van der Waals surface area (Å²) in [4.78, 5) is 11.9. The standard InChI is InChI=1S/C15H23N3O3S/c1-11-3-4-14(7-12(11)2)22(20,21)18-6-5-15(19)17-10-13-8-16-9-13/h3-4,7,13,16,18H,5-6,8-10H2,1-2H3,(H,17,19). The Balaban J connectivity index is 1.79. The highest BCUT2D eigenvalue weighted by molar-refractivity contribution is 7.89. The van der Waals surface area contributed by atoms with Crippen LogP contribution in [0.2, 0.25) is 0 Å². The minimum Gasteiger partial charge on any atom is -0.356 e. The van der Waals surface area contributed by atoms with Gasteiger partial charge in [-0.15, -0.1) is 0 Å². The lowest BCUT2D eigenvalue weighted by atomic mass is 10.0. The van der Waals surface area contributed by atoms with E-state index in [1.54, 1.807) is 18.2 Å². The SMILES string of the molecule is Cc1ccc(S(=O)(=O)NCCC(=O)NCC2CNC2)cc1C. The number of sulfonamides is 1. The predicted octanol–water partition coefficient (Wildman–Crippen LogP) is 0.307. The van der Waals surface area contributed by atoms with E-state index in [1.807, 2.05) is 13.8 Å². The van der Waals surface area contributed by atoms with E-state index in [-0.39, 0.29) is 23.8 Å². The maximum atomic E-state index is 12.1. The summed E-state index contributed by atoms with van der Waals surface area (Å²) in [5.41, 5.74) is 1.97. The number of hydrogen-bond acceptors (Lipinski definition) is 4. The lowest BCUT2D eigenvalue weighted by Gasteiger charge is -2.27. The highest BCUT2D eigenvalue weighted by Gasteiger charge is 2.18. The van der Waals surface area contributed by atoms with Crippen molar-refractivity contribution in [1.82, 2.24) is 15.4 Å². The first-order valence-electron chi connectivity index (χ1n) is 7.43. The number of aryl methyl sites for hydroxylation is 2. The Bertz CT molecular complexity index is 639. The summed E-state index contributed by atoms with van der Waals surface area (Å²) in [6.45, 7) is 6.41. The molecule has 0 atom stereocenters. The summed E-state index contributed by atoms with van der Waals surface area (Å²) in [7, 11) is -3.56. The molecule has 7 heteroatoms. The minimum absolute atomic E-state index is 0.101. The summed E-state index contributed by atoms with van der Waals surface area (Å²) in [5.74, 6) is 0.367. The van der Waals surface area contributed by atoms with Gasteiger partial charge in [-0.1, -0.05) is 6.07 Å². The first kappa shape index (κ1) is 16.9. The quantitative estimate of drug-likeness (QED) is 0.673. The van der Waals surface area contributed by atoms with Gasteiger partial charge in [-0.05, 0) is 37.1 Å². The second-order valence-corrected chi connectivity index (χ2v) is 7.49. The molecule has 22 heavy (non-hydrogen) atoms. The maximum absolute atomic E-state index is 12.1. The molecule has 0 spiro atoms. The molecule has 1 heterocycles. The topological polar surface area (TPSA) is 87.3 Å². The van der Waals surface area contributed by atoms with E-state index < -0.39 is 10.0 Å². The summed E-state index contributed by atoms with van der Waals surface area (Å²) in [6, 6.07) is 5.00. The highest BCUT2D eigenvalue weighted by Crippen LogP contribution is 2.14. The van der Waals surface area contributed by atoms with Gasteiger partial charge in [0.1, 0.15) is 0 Å². The zero-order chi connectivity index (χ0) is 16.2. The molecule has 0 unspecified atom stereocenters. The molecule has 1 aromatic rings. The van der Waals surface area contributed by atoms with Gasteiger partial charge in [0.15, 0.2) is 0 Å². The molecule has 0 aromatic heterocycles. The smallest absolute Gasteiger partial charge is 0.240 e. The van der Waals surface area contributed by atoms with E-state index in [9.17, 15) is 13.2 Å². The van der Waals surface area contributed by atoms with Crippen LogP contribution in [0.3, 0.4) is 0 Å². The van der Waals surface area contributed by atoms with Gasteiger partial charge in [0.2, 0.25) is 15.9 Å². The number of amides is 1. The van der Waals surface area contributed by atoms with E-state index in [4.69, 9.17) is 0 Å². The predicted molar refractivity (Wildman–Crippen MR) is 85.1 cm³/mol. The van der Waals surface area contributed by atoms with Crippen molar-refractivity contribution >= 4 is 15.9 Å². The molecule has 1 saturated heterocycles. The second kappa shape index (κ2) is 7.21. The zero-order valence-electron chi connectivity index (χ0n) is 13.0. The fourth-order valence-corrected chi connectivity index (χ4v) is 3.22. The van der Waals surface area contributed by atoms with Gasteiger partial charge in [-0.3, -0.25) is 4.79 Å². The number of carbonyl (C=O) groups is 1. The van der Waals surface area contributed by atoms with Gasteiger partial charge in [0.05, 0.1) is 4.90 Å². The molecule has 1 aromatic carbocycles. The van der Waals surface area contributed by atoms with Gasteiger partial charge in [-0.25, -0.2) is 13.1 Å². The van der Waals surface area contributed by atoms with Gasteiger partial charge in [-0.2, -0.15) is 0 Å². The molecule has 6 nitrogen and oxygen atoms in total. The largest absolute Gasteiger partial charge is 0.356 e. The Kier molecular flexibility index (Phi) is 5.55.